The van der Waals surface area contributed by atoms with Crippen molar-refractivity contribution in [2.45, 2.75) is 10.3 Å². The third-order valence-electron chi connectivity index (χ3n) is 3.95. The van der Waals surface area contributed by atoms with E-state index in [1.807, 2.05) is 0 Å². The molecule has 0 N–H and O–H groups in total. The van der Waals surface area contributed by atoms with Gasteiger partial charge in [-0.15, -0.1) is 11.8 Å². The zero-order valence-corrected chi connectivity index (χ0v) is 17.5. The lowest BCUT2D eigenvalue weighted by Crippen LogP contribution is -2.30. The fourth-order valence-corrected chi connectivity index (χ4v) is 6.30. The number of ether oxygens (including phenoxy) is 1. The summed E-state index contributed by atoms with van der Waals surface area (Å²) in [5.74, 6) is 0.766. The summed E-state index contributed by atoms with van der Waals surface area (Å²) in [6.45, 7) is 0.351. The van der Waals surface area contributed by atoms with E-state index in [0.29, 0.717) is 17.9 Å². The van der Waals surface area contributed by atoms with Crippen LogP contribution in [0.5, 0.6) is 5.75 Å². The maximum atomic E-state index is 13.0. The molecule has 26 heavy (non-hydrogen) atoms. The van der Waals surface area contributed by atoms with Crippen molar-refractivity contribution < 1.29 is 18.1 Å². The van der Waals surface area contributed by atoms with E-state index < -0.39 is 20.3 Å². The fraction of sp³-hybridized carbons (Fsp3) is 0.250. The molecule has 138 valence electrons. The summed E-state index contributed by atoms with van der Waals surface area (Å²) in [4.78, 5) is 11.0. The number of methoxy groups -OCH3 is 1. The van der Waals surface area contributed by atoms with Crippen molar-refractivity contribution in [2.24, 2.45) is 0 Å². The Morgan fingerprint density at radius 1 is 1.27 bits per heavy atom. The van der Waals surface area contributed by atoms with Crippen LogP contribution >= 0.6 is 34.4 Å². The molecular formula is C16H15IN2O5S2. The highest BCUT2D eigenvalue weighted by Crippen LogP contribution is 2.43. The molecule has 1 saturated heterocycles. The maximum Gasteiger partial charge on any atom is 0.311 e. The van der Waals surface area contributed by atoms with Gasteiger partial charge < -0.3 is 4.74 Å². The molecule has 1 atom stereocenters. The van der Waals surface area contributed by atoms with E-state index in [-0.39, 0.29) is 16.3 Å². The highest BCUT2D eigenvalue weighted by molar-refractivity contribution is 14.1. The molecule has 1 heterocycles. The molecule has 1 fully saturated rings. The van der Waals surface area contributed by atoms with Gasteiger partial charge in [-0.3, -0.25) is 10.1 Å². The lowest BCUT2D eigenvalue weighted by Gasteiger charge is -2.23. The van der Waals surface area contributed by atoms with Crippen LogP contribution in [0.2, 0.25) is 0 Å². The van der Waals surface area contributed by atoms with Gasteiger partial charge in [0.15, 0.2) is 5.75 Å². The summed E-state index contributed by atoms with van der Waals surface area (Å²) >= 11 is 3.56. The number of thioether (sulfide) groups is 1. The van der Waals surface area contributed by atoms with Crippen LogP contribution in [0.15, 0.2) is 47.4 Å². The number of nitrogens with zero attached hydrogens (tertiary/aromatic N) is 2. The fourth-order valence-electron chi connectivity index (χ4n) is 2.71. The van der Waals surface area contributed by atoms with Crippen molar-refractivity contribution in [1.29, 1.82) is 0 Å². The van der Waals surface area contributed by atoms with Crippen LogP contribution in [0.3, 0.4) is 0 Å². The van der Waals surface area contributed by atoms with Crippen molar-refractivity contribution in [3.63, 3.8) is 0 Å². The van der Waals surface area contributed by atoms with E-state index in [4.69, 9.17) is 4.74 Å². The van der Waals surface area contributed by atoms with Gasteiger partial charge in [-0.1, -0.05) is 6.07 Å². The van der Waals surface area contributed by atoms with Gasteiger partial charge in [0, 0.05) is 21.9 Å². The average Bonchev–Trinajstić information content (AvgIpc) is 3.12. The van der Waals surface area contributed by atoms with Crippen LogP contribution in [0, 0.1) is 13.7 Å². The highest BCUT2D eigenvalue weighted by atomic mass is 127. The van der Waals surface area contributed by atoms with Crippen molar-refractivity contribution in [3.8, 4) is 5.75 Å². The largest absolute Gasteiger partial charge is 0.490 e. The second-order valence-electron chi connectivity index (χ2n) is 5.48. The van der Waals surface area contributed by atoms with E-state index in [2.05, 4.69) is 22.6 Å². The van der Waals surface area contributed by atoms with Gasteiger partial charge in [-0.05, 0) is 58.5 Å². The van der Waals surface area contributed by atoms with Gasteiger partial charge in [0.2, 0.25) is 10.0 Å². The normalized spacial score (nSPS) is 18.0. The second-order valence-corrected chi connectivity index (χ2v) is 9.81. The van der Waals surface area contributed by atoms with Crippen LogP contribution in [0.1, 0.15) is 10.9 Å². The molecule has 2 aromatic carbocycles. The van der Waals surface area contributed by atoms with Gasteiger partial charge in [0.1, 0.15) is 0 Å². The van der Waals surface area contributed by atoms with Crippen LogP contribution in [0.25, 0.3) is 0 Å². The molecule has 2 aromatic rings. The molecule has 0 amide bonds. The van der Waals surface area contributed by atoms with Crippen molar-refractivity contribution in [1.82, 2.24) is 4.31 Å². The number of sulfonamides is 1. The first-order valence-electron chi connectivity index (χ1n) is 7.56. The lowest BCUT2D eigenvalue weighted by molar-refractivity contribution is -0.385. The van der Waals surface area contributed by atoms with Crippen LogP contribution in [-0.2, 0) is 10.0 Å². The van der Waals surface area contributed by atoms with Gasteiger partial charge in [-0.25, -0.2) is 8.42 Å². The molecule has 0 bridgehead atoms. The number of benzene rings is 2. The number of nitro groups is 1. The number of halogens is 1. The molecular weight excluding hydrogens is 491 g/mol. The highest BCUT2D eigenvalue weighted by Gasteiger charge is 2.37. The summed E-state index contributed by atoms with van der Waals surface area (Å²) in [7, 11) is -2.33. The van der Waals surface area contributed by atoms with Crippen molar-refractivity contribution >= 4 is 50.1 Å². The van der Waals surface area contributed by atoms with Crippen LogP contribution < -0.4 is 4.74 Å². The molecule has 7 nitrogen and oxygen atoms in total. The first kappa shape index (κ1) is 19.4. The maximum absolute atomic E-state index is 13.0. The third-order valence-corrected chi connectivity index (χ3v) is 7.95. The van der Waals surface area contributed by atoms with Crippen molar-refractivity contribution in [2.75, 3.05) is 19.4 Å². The minimum Gasteiger partial charge on any atom is -0.490 e. The predicted molar refractivity (Wildman–Crippen MR) is 108 cm³/mol. The van der Waals surface area contributed by atoms with Gasteiger partial charge in [-0.2, -0.15) is 4.31 Å². The predicted octanol–water partition coefficient (Wildman–Crippen LogP) is 3.64. The zero-order chi connectivity index (χ0) is 18.9. The number of hydrogen-bond acceptors (Lipinski definition) is 6. The molecule has 0 aromatic heterocycles. The molecule has 0 aliphatic carbocycles. The number of hydrogen-bond donors (Lipinski definition) is 0. The molecule has 3 rings (SSSR count). The summed E-state index contributed by atoms with van der Waals surface area (Å²) in [5, 5.41) is 10.8. The van der Waals surface area contributed by atoms with Gasteiger partial charge in [0.05, 0.1) is 22.3 Å². The molecule has 1 aliphatic rings. The Labute approximate surface area is 169 Å². The Kier molecular flexibility index (Phi) is 5.75. The van der Waals surface area contributed by atoms with Gasteiger partial charge >= 0.3 is 5.69 Å². The van der Waals surface area contributed by atoms with E-state index in [1.54, 1.807) is 30.3 Å². The van der Waals surface area contributed by atoms with E-state index in [9.17, 15) is 18.5 Å². The first-order valence-corrected chi connectivity index (χ1v) is 11.1. The van der Waals surface area contributed by atoms with Gasteiger partial charge in [0.25, 0.3) is 0 Å². The minimum absolute atomic E-state index is 0.147. The lowest BCUT2D eigenvalue weighted by atomic mass is 10.2. The molecule has 0 spiro atoms. The monoisotopic (exact) mass is 506 g/mol. The summed E-state index contributed by atoms with van der Waals surface area (Å²) in [6.07, 6.45) is 0. The molecule has 0 saturated carbocycles. The third kappa shape index (κ3) is 3.68. The number of nitro benzene ring substituents is 1. The quantitative estimate of drug-likeness (QED) is 0.350. The molecule has 1 aliphatic heterocycles. The van der Waals surface area contributed by atoms with E-state index >= 15 is 0 Å². The Balaban J connectivity index is 1.99. The Morgan fingerprint density at radius 3 is 2.58 bits per heavy atom. The molecule has 10 heteroatoms. The van der Waals surface area contributed by atoms with Crippen LogP contribution in [-0.4, -0.2) is 37.1 Å². The summed E-state index contributed by atoms with van der Waals surface area (Å²) < 4.78 is 33.4. The topological polar surface area (TPSA) is 89.8 Å². The Morgan fingerprint density at radius 2 is 1.96 bits per heavy atom. The zero-order valence-electron chi connectivity index (χ0n) is 13.7. The van der Waals surface area contributed by atoms with E-state index in [0.717, 1.165) is 3.57 Å². The van der Waals surface area contributed by atoms with Crippen molar-refractivity contribution in [3.05, 3.63) is 61.7 Å². The molecule has 0 radical (unpaired) electrons. The van der Waals surface area contributed by atoms with Crippen LogP contribution in [0.4, 0.5) is 5.69 Å². The SMILES string of the molecule is COc1ccc(C2SCCN2S(=O)(=O)c2ccc(I)cc2)cc1[N+](=O)[O-]. The average molecular weight is 506 g/mol. The minimum atomic E-state index is -3.69. The Bertz CT molecular complexity index is 934. The standard InChI is InChI=1S/C16H15IN2O5S2/c1-24-15-7-2-11(10-14(15)19(20)21)16-18(8-9-25-16)26(22,23)13-5-3-12(17)4-6-13/h2-7,10,16H,8-9H2,1H3. The van der Waals surface area contributed by atoms with E-state index in [1.165, 1.54) is 35.3 Å². The second kappa shape index (κ2) is 7.71. The first-order chi connectivity index (χ1) is 12.3. The Hall–Kier alpha value is -1.37. The molecule has 1 unspecified atom stereocenters. The smallest absolute Gasteiger partial charge is 0.311 e. The summed E-state index contributed by atoms with van der Waals surface area (Å²) in [6, 6.07) is 11.2. The summed E-state index contributed by atoms with van der Waals surface area (Å²) in [5.41, 5.74) is 0.387. The number of rotatable bonds is 5.